The average Bonchev–Trinajstić information content (AvgIpc) is 4.00. The van der Waals surface area contributed by atoms with Crippen LogP contribution in [0.5, 0.6) is 11.5 Å². The standard InChI is InChI=1S/C66H65N4O.Pt/c1-44(2)56-26-19-27-57(45(3)4)63(56)46-36-53(69-35-34-68(43-69)52-25-18-24-49(38-52)64(5,6)7)41-55(37-46)71-54-29-30-58-59-39-50(65(8,9)47-20-14-12-15-21-47)28-31-60(59)70(61(58)42-54)62-40-51(32-33-67-62)66(10,11)48-22-16-13-17-23-48;/h12-40,43-45H,1-11H3;/q-3;. The van der Waals surface area contributed by atoms with Gasteiger partial charge in [-0.15, -0.1) is 53.6 Å². The number of hydrogen-bond donors (Lipinski definition) is 0. The van der Waals surface area contributed by atoms with Crippen molar-refractivity contribution in [3.05, 3.63) is 234 Å². The van der Waals surface area contributed by atoms with Crippen molar-refractivity contribution >= 4 is 33.2 Å². The Morgan fingerprint density at radius 1 is 0.528 bits per heavy atom. The molecule has 1 aliphatic rings. The number of pyridine rings is 1. The van der Waals surface area contributed by atoms with E-state index in [1.54, 1.807) is 0 Å². The van der Waals surface area contributed by atoms with Crippen LogP contribution >= 0.6 is 0 Å². The molecular formula is C66H65N4OPt-3. The van der Waals surface area contributed by atoms with Crippen LogP contribution in [0.4, 0.5) is 11.4 Å². The third-order valence-electron chi connectivity index (χ3n) is 14.7. The van der Waals surface area contributed by atoms with Gasteiger partial charge in [0.2, 0.25) is 0 Å². The van der Waals surface area contributed by atoms with E-state index in [1.165, 1.54) is 44.5 Å². The number of rotatable bonds is 12. The molecule has 0 saturated heterocycles. The number of fused-ring (bicyclic) bond motifs is 3. The number of benzene rings is 7. The molecule has 0 aliphatic carbocycles. The molecular weight excluding hydrogens is 1060 g/mol. The number of hydrogen-bond acceptors (Lipinski definition) is 4. The van der Waals surface area contributed by atoms with Gasteiger partial charge in [0.15, 0.2) is 0 Å². The topological polar surface area (TPSA) is 33.5 Å². The van der Waals surface area contributed by atoms with E-state index < -0.39 is 0 Å². The Labute approximate surface area is 442 Å². The summed E-state index contributed by atoms with van der Waals surface area (Å²) in [7, 11) is 0. The predicted octanol–water partition coefficient (Wildman–Crippen LogP) is 17.3. The smallest absolute Gasteiger partial charge is 0.135 e. The molecule has 9 aromatic rings. The molecule has 0 bridgehead atoms. The maximum absolute atomic E-state index is 7.05. The summed E-state index contributed by atoms with van der Waals surface area (Å²) in [4.78, 5) is 9.40. The molecule has 10 rings (SSSR count). The summed E-state index contributed by atoms with van der Waals surface area (Å²) in [6.07, 6.45) is 6.15. The first-order valence-electron chi connectivity index (χ1n) is 25.2. The molecule has 2 aromatic heterocycles. The SMILES string of the molecule is CC(C)c1cccc(C(C)C)c1-c1cc(Oc2[c-]c3c(cc2)c2cc(C(C)(C)c4ccccc4)ccc2n3-c2cc(C(C)(C)c3ccccc3)ccn2)[c-]c(N2C=CN(c3cccc(C(C)(C)C)c3)[CH-]2)c1.[Pt]. The number of anilines is 2. The zero-order chi connectivity index (χ0) is 49.8. The third kappa shape index (κ3) is 9.57. The van der Waals surface area contributed by atoms with Crippen LogP contribution in [0.3, 0.4) is 0 Å². The fourth-order valence-electron chi connectivity index (χ4n) is 10.2. The van der Waals surface area contributed by atoms with Crippen molar-refractivity contribution in [2.75, 3.05) is 9.80 Å². The predicted molar refractivity (Wildman–Crippen MR) is 297 cm³/mol. The van der Waals surface area contributed by atoms with Gasteiger partial charge in [0.1, 0.15) is 5.82 Å². The van der Waals surface area contributed by atoms with Crippen molar-refractivity contribution in [1.29, 1.82) is 0 Å². The van der Waals surface area contributed by atoms with Crippen molar-refractivity contribution in [2.45, 2.75) is 104 Å². The molecule has 0 N–H and O–H groups in total. The molecule has 0 radical (unpaired) electrons. The van der Waals surface area contributed by atoms with Crippen molar-refractivity contribution in [1.82, 2.24) is 9.55 Å². The van der Waals surface area contributed by atoms with Gasteiger partial charge < -0.3 is 19.1 Å². The second kappa shape index (κ2) is 19.7. The Bertz CT molecular complexity index is 3410. The van der Waals surface area contributed by atoms with Crippen LogP contribution in [0.2, 0.25) is 0 Å². The molecule has 0 saturated carbocycles. The molecule has 0 spiro atoms. The van der Waals surface area contributed by atoms with Crippen molar-refractivity contribution < 1.29 is 25.8 Å². The van der Waals surface area contributed by atoms with Gasteiger partial charge in [0, 0.05) is 60.8 Å². The molecule has 1 aliphatic heterocycles. The second-order valence-corrected chi connectivity index (χ2v) is 21.9. The van der Waals surface area contributed by atoms with Crippen LogP contribution in [-0.4, -0.2) is 9.55 Å². The van der Waals surface area contributed by atoms with Gasteiger partial charge in [0.05, 0.1) is 0 Å². The van der Waals surface area contributed by atoms with Gasteiger partial charge in [-0.05, 0) is 110 Å². The van der Waals surface area contributed by atoms with Crippen LogP contribution in [0.15, 0.2) is 176 Å². The van der Waals surface area contributed by atoms with Gasteiger partial charge in [-0.1, -0.05) is 185 Å². The van der Waals surface area contributed by atoms with Gasteiger partial charge in [-0.25, -0.2) is 4.98 Å². The largest absolute Gasteiger partial charge is 0.509 e. The van der Waals surface area contributed by atoms with E-state index in [1.807, 2.05) is 6.20 Å². The minimum absolute atomic E-state index is 0. The number of nitrogens with zero attached hydrogens (tertiary/aromatic N) is 4. The first-order chi connectivity index (χ1) is 34.0. The Hall–Kier alpha value is -6.68. The Balaban J connectivity index is 0.00000640. The number of aromatic nitrogens is 2. The summed E-state index contributed by atoms with van der Waals surface area (Å²) in [5.41, 5.74) is 14.6. The number of ether oxygens (including phenoxy) is 1. The Kier molecular flexibility index (Phi) is 13.8. The Morgan fingerprint density at radius 3 is 1.78 bits per heavy atom. The monoisotopic (exact) mass is 1120 g/mol. The van der Waals surface area contributed by atoms with Crippen LogP contribution in [0.1, 0.15) is 127 Å². The molecule has 0 atom stereocenters. The molecule has 5 nitrogen and oxygen atoms in total. The molecule has 7 aromatic carbocycles. The van der Waals surface area contributed by atoms with E-state index in [2.05, 4.69) is 279 Å². The van der Waals surface area contributed by atoms with Crippen LogP contribution in [-0.2, 0) is 37.3 Å². The summed E-state index contributed by atoms with van der Waals surface area (Å²) < 4.78 is 9.31. The Morgan fingerprint density at radius 2 is 1.14 bits per heavy atom. The second-order valence-electron chi connectivity index (χ2n) is 21.9. The normalized spacial score (nSPS) is 13.2. The first-order valence-corrected chi connectivity index (χ1v) is 25.2. The molecule has 0 amide bonds. The molecule has 72 heavy (non-hydrogen) atoms. The molecule has 3 heterocycles. The molecule has 368 valence electrons. The summed E-state index contributed by atoms with van der Waals surface area (Å²) in [6.45, 7) is 27.2. The fourth-order valence-corrected chi connectivity index (χ4v) is 10.2. The minimum Gasteiger partial charge on any atom is -0.509 e. The van der Waals surface area contributed by atoms with Crippen molar-refractivity contribution in [3.8, 4) is 28.4 Å². The quantitative estimate of drug-likeness (QED) is 0.114. The maximum atomic E-state index is 7.05. The van der Waals surface area contributed by atoms with E-state index >= 15 is 0 Å². The van der Waals surface area contributed by atoms with Crippen molar-refractivity contribution in [2.24, 2.45) is 0 Å². The van der Waals surface area contributed by atoms with Crippen molar-refractivity contribution in [3.63, 3.8) is 0 Å². The van der Waals surface area contributed by atoms with Crippen LogP contribution in [0.25, 0.3) is 38.8 Å². The van der Waals surface area contributed by atoms with Gasteiger partial charge in [0.25, 0.3) is 0 Å². The van der Waals surface area contributed by atoms with E-state index in [0.717, 1.165) is 44.6 Å². The fraction of sp³-hybridized carbons (Fsp3) is 0.242. The average molecular weight is 1130 g/mol. The summed E-state index contributed by atoms with van der Waals surface area (Å²) in [5.74, 6) is 2.65. The summed E-state index contributed by atoms with van der Waals surface area (Å²) in [5, 5.41) is 2.21. The maximum Gasteiger partial charge on any atom is 0.135 e. The van der Waals surface area contributed by atoms with E-state index in [9.17, 15) is 0 Å². The third-order valence-corrected chi connectivity index (χ3v) is 14.7. The van der Waals surface area contributed by atoms with Gasteiger partial charge in [-0.2, -0.15) is 6.07 Å². The minimum atomic E-state index is -0.264. The van der Waals surface area contributed by atoms with Gasteiger partial charge in [-0.3, -0.25) is 0 Å². The molecule has 0 unspecified atom stereocenters. The van der Waals surface area contributed by atoms with Crippen LogP contribution < -0.4 is 14.5 Å². The van der Waals surface area contributed by atoms with E-state index in [4.69, 9.17) is 9.72 Å². The van der Waals surface area contributed by atoms with E-state index in [0.29, 0.717) is 23.3 Å². The zero-order valence-corrected chi connectivity index (χ0v) is 45.8. The van der Waals surface area contributed by atoms with E-state index in [-0.39, 0.29) is 37.3 Å². The van der Waals surface area contributed by atoms with Gasteiger partial charge >= 0.3 is 0 Å². The summed E-state index contributed by atoms with van der Waals surface area (Å²) in [6, 6.07) is 64.4. The molecule has 0 fully saturated rings. The zero-order valence-electron chi connectivity index (χ0n) is 43.5. The molecule has 6 heteroatoms. The summed E-state index contributed by atoms with van der Waals surface area (Å²) >= 11 is 0. The first kappa shape index (κ1) is 50.3. The van der Waals surface area contributed by atoms with Crippen LogP contribution in [0, 0.1) is 18.8 Å².